The lowest BCUT2D eigenvalue weighted by atomic mass is 9.94. The lowest BCUT2D eigenvalue weighted by Crippen LogP contribution is -2.33. The molecule has 414 valence electrons. The maximum atomic E-state index is 13.3. The topological polar surface area (TPSA) is 153 Å². The molecule has 5 aromatic rings. The summed E-state index contributed by atoms with van der Waals surface area (Å²) in [5, 5.41) is 11.4. The highest BCUT2D eigenvalue weighted by Gasteiger charge is 2.22. The van der Waals surface area contributed by atoms with E-state index in [1.165, 1.54) is 100 Å². The van der Waals surface area contributed by atoms with Crippen molar-refractivity contribution in [2.75, 3.05) is 77.8 Å². The number of allylic oxidation sites excluding steroid dienone is 3. The minimum Gasteiger partial charge on any atom is -0.493 e. The van der Waals surface area contributed by atoms with Crippen molar-refractivity contribution < 1.29 is 51.6 Å². The predicted octanol–water partition coefficient (Wildman–Crippen LogP) is 13.0. The Morgan fingerprint density at radius 2 is 0.974 bits per heavy atom. The highest BCUT2D eigenvalue weighted by atomic mass is 35.5. The van der Waals surface area contributed by atoms with Crippen LogP contribution in [0.2, 0.25) is 0 Å². The van der Waals surface area contributed by atoms with Gasteiger partial charge in [-0.1, -0.05) is 67.5 Å². The number of nitrogen functional groups attached to an aromatic ring is 1. The number of amides is 1. The zero-order chi connectivity index (χ0) is 56.0. The molecule has 2 saturated heterocycles. The third-order valence-electron chi connectivity index (χ3n) is 12.8. The molecule has 0 saturated carbocycles. The van der Waals surface area contributed by atoms with Crippen LogP contribution in [0, 0.1) is 17.5 Å². The third kappa shape index (κ3) is 22.2. The summed E-state index contributed by atoms with van der Waals surface area (Å²) in [4.78, 5) is 39.7. The lowest BCUT2D eigenvalue weighted by molar-refractivity contribution is -0.138. The van der Waals surface area contributed by atoms with Crippen LogP contribution in [0.15, 0.2) is 147 Å². The fourth-order valence-electron chi connectivity index (χ4n) is 8.56. The molecule has 1 amide bonds. The van der Waals surface area contributed by atoms with E-state index < -0.39 is 29.0 Å². The Morgan fingerprint density at radius 1 is 0.584 bits per heavy atom. The van der Waals surface area contributed by atoms with Gasteiger partial charge in [0, 0.05) is 36.6 Å². The zero-order valence-corrected chi connectivity index (χ0v) is 45.0. The molecule has 0 radical (unpaired) electrons. The number of benzene rings is 5. The van der Waals surface area contributed by atoms with Crippen molar-refractivity contribution in [1.29, 1.82) is 0 Å². The van der Waals surface area contributed by atoms with Crippen LogP contribution in [0.3, 0.4) is 0 Å². The summed E-state index contributed by atoms with van der Waals surface area (Å²) >= 11 is 5.42. The van der Waals surface area contributed by atoms with E-state index in [0.29, 0.717) is 66.5 Å². The molecule has 3 unspecified atom stereocenters. The summed E-state index contributed by atoms with van der Waals surface area (Å²) < 4.78 is 60.9. The van der Waals surface area contributed by atoms with Gasteiger partial charge in [0.2, 0.25) is 11.1 Å². The normalized spacial score (nSPS) is 14.4. The first-order chi connectivity index (χ1) is 37.2. The number of nitrogens with zero attached hydrogens (tertiary/aromatic N) is 2. The number of carbonyl (C=O) groups is 3. The number of aliphatic carboxylic acids is 1. The fraction of sp³-hybridized carbons (Fsp3) is 0.361. The number of carbonyl (C=O) groups excluding carboxylic acids is 2. The van der Waals surface area contributed by atoms with Gasteiger partial charge in [0.15, 0.2) is 23.0 Å². The smallest absolute Gasteiger partial charge is 0.311 e. The molecule has 16 heteroatoms. The lowest BCUT2D eigenvalue weighted by Gasteiger charge is -2.26. The minimum absolute atomic E-state index is 0.184. The van der Waals surface area contributed by atoms with E-state index >= 15 is 0 Å². The number of ether oxygens (including phenoxy) is 4. The van der Waals surface area contributed by atoms with Gasteiger partial charge in [-0.2, -0.15) is 0 Å². The number of rotatable bonds is 23. The molecule has 3 atom stereocenters. The van der Waals surface area contributed by atoms with Gasteiger partial charge in [0.1, 0.15) is 30.7 Å². The third-order valence-corrected chi connectivity index (χ3v) is 13.0. The van der Waals surface area contributed by atoms with Crippen LogP contribution in [-0.4, -0.2) is 98.7 Å². The van der Waals surface area contributed by atoms with Gasteiger partial charge in [0.25, 0.3) is 0 Å². The molecule has 0 spiro atoms. The van der Waals surface area contributed by atoms with E-state index in [2.05, 4.69) is 34.9 Å². The van der Waals surface area contributed by atoms with E-state index in [9.17, 15) is 27.6 Å². The van der Waals surface area contributed by atoms with Crippen LogP contribution in [0.25, 0.3) is 0 Å². The molecule has 2 fully saturated rings. The Morgan fingerprint density at radius 3 is 1.39 bits per heavy atom. The standard InChI is InChI=1S/C25H31FN2O3.C14H22N2O2.C11H10ClFO.C11H11FO2/c1-3-7-22(19-8-10-20(26)11-9-19)25(29)27-21-12-13-23(30-2)24(18-21)31-17-16-28-14-5-4-6-15-28;1-17-13-6-5-12(15)11-14(13)18-10-9-16-7-3-2-4-8-16;1-2-3-10(11(12)14)8-4-6-9(13)7-5-8;1-2-3-10(11(13)14)8-4-6-9(12)7-5-8/h3,8-13,18,22H,1,4-7,14-17H2,2H3,(H,27,29);5-6,11H,2-4,7-10,15H2,1H3;2,4-7,10H,1,3H2;2,4-7,10H,1,3H2,(H,13,14). The van der Waals surface area contributed by atoms with Crippen LogP contribution >= 0.6 is 11.6 Å². The second kappa shape index (κ2) is 34.6. The van der Waals surface area contributed by atoms with Gasteiger partial charge < -0.3 is 35.1 Å². The molecule has 0 aromatic heterocycles. The average Bonchev–Trinajstić information content (AvgIpc) is 3.43. The highest BCUT2D eigenvalue weighted by Crippen LogP contribution is 2.32. The largest absolute Gasteiger partial charge is 0.493 e. The van der Waals surface area contributed by atoms with E-state index in [1.807, 2.05) is 18.2 Å². The number of hydrogen-bond donors (Lipinski definition) is 3. The van der Waals surface area contributed by atoms with Crippen LogP contribution in [-0.2, 0) is 14.4 Å². The maximum absolute atomic E-state index is 13.3. The molecule has 0 bridgehead atoms. The number of likely N-dealkylation sites (tertiary alicyclic amines) is 2. The number of nitrogens with two attached hydrogens (primary N) is 1. The second-order valence-corrected chi connectivity index (χ2v) is 18.7. The number of halogens is 4. The molecule has 4 N–H and O–H groups in total. The maximum Gasteiger partial charge on any atom is 0.311 e. The number of methoxy groups -OCH3 is 2. The van der Waals surface area contributed by atoms with Gasteiger partial charge >= 0.3 is 5.97 Å². The van der Waals surface area contributed by atoms with Crippen molar-refractivity contribution in [3.05, 3.63) is 181 Å². The van der Waals surface area contributed by atoms with E-state index in [1.54, 1.807) is 74.9 Å². The summed E-state index contributed by atoms with van der Waals surface area (Å²) in [5.74, 6) is -0.943. The number of nitrogens with one attached hydrogen (secondary N) is 1. The van der Waals surface area contributed by atoms with Gasteiger partial charge in [0.05, 0.1) is 32.0 Å². The SMILES string of the molecule is C=CCC(C(=O)Cl)c1ccc(F)cc1.C=CCC(C(=O)Nc1ccc(OC)c(OCCN2CCCCC2)c1)c1ccc(F)cc1.C=CCC(C(=O)O)c1ccc(F)cc1.COc1ccc(N)cc1OCCN1CCCCC1. The number of carboxylic acids is 1. The fourth-order valence-corrected chi connectivity index (χ4v) is 8.77. The summed E-state index contributed by atoms with van der Waals surface area (Å²) in [5.41, 5.74) is 9.12. The van der Waals surface area contributed by atoms with Crippen LogP contribution < -0.4 is 30.0 Å². The van der Waals surface area contributed by atoms with Crippen molar-refractivity contribution in [2.45, 2.75) is 75.5 Å². The first-order valence-corrected chi connectivity index (χ1v) is 26.2. The van der Waals surface area contributed by atoms with Crippen molar-refractivity contribution in [3.8, 4) is 23.0 Å². The molecule has 77 heavy (non-hydrogen) atoms. The Kier molecular flexibility index (Phi) is 28.0. The zero-order valence-electron chi connectivity index (χ0n) is 44.3. The van der Waals surface area contributed by atoms with E-state index in [0.717, 1.165) is 43.2 Å². The summed E-state index contributed by atoms with van der Waals surface area (Å²) in [6.07, 6.45) is 13.9. The molecular formula is C61H74ClF3N4O8. The van der Waals surface area contributed by atoms with Gasteiger partial charge in [-0.05, 0) is 160 Å². The van der Waals surface area contributed by atoms with E-state index in [4.69, 9.17) is 41.4 Å². The summed E-state index contributed by atoms with van der Waals surface area (Å²) in [6, 6.07) is 28.0. The Labute approximate surface area is 457 Å². The predicted molar refractivity (Wildman–Crippen MR) is 301 cm³/mol. The van der Waals surface area contributed by atoms with Gasteiger partial charge in [-0.3, -0.25) is 24.2 Å². The number of carboxylic acid groups (broad SMARTS) is 1. The van der Waals surface area contributed by atoms with Crippen LogP contribution in [0.4, 0.5) is 24.5 Å². The minimum atomic E-state index is -0.920. The van der Waals surface area contributed by atoms with Crippen molar-refractivity contribution in [3.63, 3.8) is 0 Å². The second-order valence-electron chi connectivity index (χ2n) is 18.3. The van der Waals surface area contributed by atoms with Crippen molar-refractivity contribution in [1.82, 2.24) is 9.80 Å². The van der Waals surface area contributed by atoms with Gasteiger partial charge in [-0.25, -0.2) is 13.2 Å². The summed E-state index contributed by atoms with van der Waals surface area (Å²) in [6.45, 7) is 18.5. The number of anilines is 2. The molecule has 12 nitrogen and oxygen atoms in total. The number of piperidine rings is 2. The Balaban J connectivity index is 0.000000237. The van der Waals surface area contributed by atoms with Crippen LogP contribution in [0.5, 0.6) is 23.0 Å². The Bertz CT molecular complexity index is 2520. The quantitative estimate of drug-likeness (QED) is 0.0325. The molecule has 0 aliphatic carbocycles. The molecule has 2 heterocycles. The first kappa shape index (κ1) is 62.5. The first-order valence-electron chi connectivity index (χ1n) is 25.8. The molecule has 5 aromatic carbocycles. The van der Waals surface area contributed by atoms with Crippen LogP contribution in [0.1, 0.15) is 92.2 Å². The molecule has 2 aliphatic heterocycles. The summed E-state index contributed by atoms with van der Waals surface area (Å²) in [7, 11) is 3.24. The molecular weight excluding hydrogens is 1010 g/mol. The monoisotopic (exact) mass is 1080 g/mol. The highest BCUT2D eigenvalue weighted by molar-refractivity contribution is 6.64. The average molecular weight is 1080 g/mol. The molecule has 2 aliphatic rings. The van der Waals surface area contributed by atoms with Crippen molar-refractivity contribution >= 4 is 40.1 Å². The molecule has 7 rings (SSSR count). The van der Waals surface area contributed by atoms with E-state index in [-0.39, 0.29) is 23.4 Å². The Hall–Kier alpha value is -7.07. The van der Waals surface area contributed by atoms with Gasteiger partial charge in [-0.15, -0.1) is 19.7 Å². The number of hydrogen-bond acceptors (Lipinski definition) is 10. The van der Waals surface area contributed by atoms with Crippen molar-refractivity contribution in [2.24, 2.45) is 0 Å².